The van der Waals surface area contributed by atoms with Crippen LogP contribution in [0.2, 0.25) is 0 Å². The van der Waals surface area contributed by atoms with E-state index in [0.717, 1.165) is 19.8 Å². The molecule has 0 aliphatic carbocycles. The van der Waals surface area contributed by atoms with E-state index < -0.39 is 0 Å². The zero-order valence-corrected chi connectivity index (χ0v) is 6.59. The fourth-order valence-corrected chi connectivity index (χ4v) is 1.02. The van der Waals surface area contributed by atoms with Gasteiger partial charge in [0.15, 0.2) is 0 Å². The predicted octanol–water partition coefficient (Wildman–Crippen LogP) is 1.37. The maximum Gasteiger partial charge on any atom is 0.0780 e. The predicted molar refractivity (Wildman–Crippen MR) is 40.0 cm³/mol. The Labute approximate surface area is 61.8 Å². The van der Waals surface area contributed by atoms with Crippen LogP contribution >= 0.6 is 0 Å². The third kappa shape index (κ3) is 1.82. The van der Waals surface area contributed by atoms with Gasteiger partial charge in [-0.25, -0.2) is 0 Å². The second-order valence-corrected chi connectivity index (χ2v) is 2.43. The summed E-state index contributed by atoms with van der Waals surface area (Å²) in [4.78, 5) is 0. The molecule has 1 atom stereocenters. The minimum absolute atomic E-state index is 0.243. The fourth-order valence-electron chi connectivity index (χ4n) is 1.02. The maximum atomic E-state index is 5.41. The average molecular weight is 142 g/mol. The van der Waals surface area contributed by atoms with Crippen LogP contribution in [-0.4, -0.2) is 25.9 Å². The molecule has 1 aliphatic rings. The van der Waals surface area contributed by atoms with Crippen molar-refractivity contribution < 1.29 is 9.47 Å². The molecule has 0 aromatic heterocycles. The van der Waals surface area contributed by atoms with Gasteiger partial charge in [-0.3, -0.25) is 0 Å². The van der Waals surface area contributed by atoms with Crippen molar-refractivity contribution in [3.05, 3.63) is 11.6 Å². The summed E-state index contributed by atoms with van der Waals surface area (Å²) in [6.07, 6.45) is 2.31. The van der Waals surface area contributed by atoms with Gasteiger partial charge < -0.3 is 9.47 Å². The summed E-state index contributed by atoms with van der Waals surface area (Å²) in [5.41, 5.74) is 1.25. The quantitative estimate of drug-likeness (QED) is 0.475. The second-order valence-electron chi connectivity index (χ2n) is 2.43. The van der Waals surface area contributed by atoms with E-state index in [4.69, 9.17) is 9.47 Å². The first-order valence-corrected chi connectivity index (χ1v) is 3.69. The Kier molecular flexibility index (Phi) is 2.90. The summed E-state index contributed by atoms with van der Waals surface area (Å²) in [5, 5.41) is 0. The third-order valence-electron chi connectivity index (χ3n) is 1.76. The van der Waals surface area contributed by atoms with Gasteiger partial charge >= 0.3 is 0 Å². The van der Waals surface area contributed by atoms with E-state index in [0.29, 0.717) is 0 Å². The van der Waals surface area contributed by atoms with Crippen molar-refractivity contribution in [2.24, 2.45) is 0 Å². The molecule has 0 radical (unpaired) electrons. The molecule has 2 heteroatoms. The molecule has 0 bridgehead atoms. The Morgan fingerprint density at radius 2 is 2.30 bits per heavy atom. The smallest absolute Gasteiger partial charge is 0.0780 e. The molecule has 1 heterocycles. The van der Waals surface area contributed by atoms with Crippen LogP contribution in [0, 0.1) is 0 Å². The molecule has 58 valence electrons. The molecule has 0 saturated carbocycles. The molecule has 0 spiro atoms. The van der Waals surface area contributed by atoms with Crippen LogP contribution in [0.3, 0.4) is 0 Å². The SMILES string of the molecule is C/C=C1/COCCOC1C. The van der Waals surface area contributed by atoms with E-state index in [-0.39, 0.29) is 6.10 Å². The highest BCUT2D eigenvalue weighted by molar-refractivity contribution is 5.06. The van der Waals surface area contributed by atoms with Gasteiger partial charge in [0.2, 0.25) is 0 Å². The molecule has 0 amide bonds. The van der Waals surface area contributed by atoms with E-state index in [1.165, 1.54) is 5.57 Å². The van der Waals surface area contributed by atoms with E-state index >= 15 is 0 Å². The Bertz CT molecular complexity index is 129. The monoisotopic (exact) mass is 142 g/mol. The van der Waals surface area contributed by atoms with Gasteiger partial charge in [0.25, 0.3) is 0 Å². The van der Waals surface area contributed by atoms with Crippen LogP contribution in [0.5, 0.6) is 0 Å². The highest BCUT2D eigenvalue weighted by atomic mass is 16.5. The summed E-state index contributed by atoms with van der Waals surface area (Å²) in [6, 6.07) is 0. The van der Waals surface area contributed by atoms with Gasteiger partial charge in [-0.15, -0.1) is 0 Å². The fraction of sp³-hybridized carbons (Fsp3) is 0.750. The second kappa shape index (κ2) is 3.74. The third-order valence-corrected chi connectivity index (χ3v) is 1.76. The molecule has 0 aromatic carbocycles. The highest BCUT2D eigenvalue weighted by Gasteiger charge is 2.11. The lowest BCUT2D eigenvalue weighted by molar-refractivity contribution is 0.0705. The molecule has 1 aliphatic heterocycles. The standard InChI is InChI=1S/C8H14O2/c1-3-8-6-9-4-5-10-7(8)2/h3,7H,4-6H2,1-2H3/b8-3-. The highest BCUT2D eigenvalue weighted by Crippen LogP contribution is 2.09. The number of rotatable bonds is 0. The van der Waals surface area contributed by atoms with Gasteiger partial charge in [-0.05, 0) is 19.4 Å². The molecule has 2 nitrogen and oxygen atoms in total. The molecular formula is C8H14O2. The van der Waals surface area contributed by atoms with Crippen LogP contribution in [0.1, 0.15) is 13.8 Å². The van der Waals surface area contributed by atoms with E-state index in [1.54, 1.807) is 0 Å². The number of hydrogen-bond acceptors (Lipinski definition) is 2. The molecule has 1 saturated heterocycles. The summed E-state index contributed by atoms with van der Waals surface area (Å²) in [7, 11) is 0. The van der Waals surface area contributed by atoms with E-state index in [2.05, 4.69) is 13.0 Å². The largest absolute Gasteiger partial charge is 0.375 e. The van der Waals surface area contributed by atoms with Crippen LogP contribution in [0.4, 0.5) is 0 Å². The topological polar surface area (TPSA) is 18.5 Å². The molecule has 1 fully saturated rings. The first kappa shape index (κ1) is 7.76. The van der Waals surface area contributed by atoms with Crippen LogP contribution < -0.4 is 0 Å². The zero-order chi connectivity index (χ0) is 7.40. The normalized spacial score (nSPS) is 32.2. The van der Waals surface area contributed by atoms with Gasteiger partial charge in [-0.2, -0.15) is 0 Å². The Morgan fingerprint density at radius 3 is 3.00 bits per heavy atom. The minimum atomic E-state index is 0.243. The van der Waals surface area contributed by atoms with Crippen molar-refractivity contribution in [2.45, 2.75) is 20.0 Å². The van der Waals surface area contributed by atoms with E-state index in [9.17, 15) is 0 Å². The summed E-state index contributed by atoms with van der Waals surface area (Å²) in [5.74, 6) is 0. The van der Waals surface area contributed by atoms with Crippen molar-refractivity contribution in [3.8, 4) is 0 Å². The Hall–Kier alpha value is -0.340. The molecule has 1 unspecified atom stereocenters. The van der Waals surface area contributed by atoms with E-state index in [1.807, 2.05) is 6.92 Å². The van der Waals surface area contributed by atoms with Crippen LogP contribution in [0.15, 0.2) is 11.6 Å². The van der Waals surface area contributed by atoms with Gasteiger partial charge in [-0.1, -0.05) is 6.08 Å². The number of ether oxygens (including phenoxy) is 2. The van der Waals surface area contributed by atoms with Gasteiger partial charge in [0.05, 0.1) is 25.9 Å². The van der Waals surface area contributed by atoms with Crippen molar-refractivity contribution in [3.63, 3.8) is 0 Å². The van der Waals surface area contributed by atoms with Crippen molar-refractivity contribution in [1.29, 1.82) is 0 Å². The lowest BCUT2D eigenvalue weighted by Crippen LogP contribution is -2.11. The molecule has 1 rings (SSSR count). The van der Waals surface area contributed by atoms with Crippen molar-refractivity contribution >= 4 is 0 Å². The van der Waals surface area contributed by atoms with Crippen LogP contribution in [0.25, 0.3) is 0 Å². The van der Waals surface area contributed by atoms with Crippen molar-refractivity contribution in [2.75, 3.05) is 19.8 Å². The van der Waals surface area contributed by atoms with Gasteiger partial charge in [0, 0.05) is 0 Å². The minimum Gasteiger partial charge on any atom is -0.375 e. The lowest BCUT2D eigenvalue weighted by atomic mass is 10.2. The molecular weight excluding hydrogens is 128 g/mol. The first-order valence-electron chi connectivity index (χ1n) is 3.69. The first-order chi connectivity index (χ1) is 4.84. The summed E-state index contributed by atoms with van der Waals surface area (Å²) < 4.78 is 10.7. The lowest BCUT2D eigenvalue weighted by Gasteiger charge is -2.10. The summed E-state index contributed by atoms with van der Waals surface area (Å²) >= 11 is 0. The Morgan fingerprint density at radius 1 is 1.50 bits per heavy atom. The average Bonchev–Trinajstić information content (AvgIpc) is 2.13. The van der Waals surface area contributed by atoms with Crippen LogP contribution in [-0.2, 0) is 9.47 Å². The zero-order valence-electron chi connectivity index (χ0n) is 6.59. The number of hydrogen-bond donors (Lipinski definition) is 0. The summed E-state index contributed by atoms with van der Waals surface area (Å²) in [6.45, 7) is 6.26. The Balaban J connectivity index is 2.52. The molecule has 0 aromatic rings. The van der Waals surface area contributed by atoms with Gasteiger partial charge in [0.1, 0.15) is 0 Å². The molecule has 0 N–H and O–H groups in total. The van der Waals surface area contributed by atoms with Crippen molar-refractivity contribution in [1.82, 2.24) is 0 Å². The molecule has 10 heavy (non-hydrogen) atoms. The maximum absolute atomic E-state index is 5.41. The number of allylic oxidation sites excluding steroid dienone is 1.